The van der Waals surface area contributed by atoms with Gasteiger partial charge < -0.3 is 24.3 Å². The number of methoxy groups -OCH3 is 1. The number of imidazole rings is 1. The van der Waals surface area contributed by atoms with Crippen LogP contribution in [0.15, 0.2) is 36.5 Å². The molecule has 31 heavy (non-hydrogen) atoms. The third-order valence-corrected chi connectivity index (χ3v) is 6.57. The van der Waals surface area contributed by atoms with Crippen LogP contribution < -0.4 is 15.0 Å². The molecule has 0 spiro atoms. The average Bonchev–Trinajstić information content (AvgIpc) is 3.34. The van der Waals surface area contributed by atoms with Gasteiger partial charge in [0.05, 0.1) is 25.8 Å². The molecule has 7 heteroatoms. The number of aromatic nitrogens is 3. The molecule has 2 aliphatic rings. The Morgan fingerprint density at radius 3 is 2.68 bits per heavy atom. The number of benzene rings is 1. The van der Waals surface area contributed by atoms with E-state index in [1.165, 1.54) is 12.8 Å². The van der Waals surface area contributed by atoms with Gasteiger partial charge in [-0.15, -0.1) is 0 Å². The first-order valence-corrected chi connectivity index (χ1v) is 11.2. The van der Waals surface area contributed by atoms with Crippen LogP contribution in [0.25, 0.3) is 22.4 Å². The molecule has 164 valence electrons. The van der Waals surface area contributed by atoms with Crippen LogP contribution >= 0.6 is 0 Å². The van der Waals surface area contributed by atoms with Crippen LogP contribution in [0.3, 0.4) is 0 Å². The van der Waals surface area contributed by atoms with E-state index in [9.17, 15) is 0 Å². The van der Waals surface area contributed by atoms with Crippen molar-refractivity contribution >= 4 is 16.9 Å². The first-order valence-electron chi connectivity index (χ1n) is 11.2. The molecule has 2 aromatic heterocycles. The summed E-state index contributed by atoms with van der Waals surface area (Å²) in [5, 5.41) is 3.56. The van der Waals surface area contributed by atoms with Crippen molar-refractivity contribution in [2.45, 2.75) is 51.4 Å². The molecule has 1 unspecified atom stereocenters. The number of nitrogens with zero attached hydrogens (tertiary/aromatic N) is 4. The molecule has 1 N–H and O–H groups in total. The normalized spacial score (nSPS) is 24.1. The summed E-state index contributed by atoms with van der Waals surface area (Å²) >= 11 is 0. The van der Waals surface area contributed by atoms with Crippen molar-refractivity contribution in [3.63, 3.8) is 0 Å². The van der Waals surface area contributed by atoms with Gasteiger partial charge in [-0.25, -0.2) is 9.97 Å². The zero-order chi connectivity index (χ0) is 21.4. The zero-order valence-electron chi connectivity index (χ0n) is 18.5. The summed E-state index contributed by atoms with van der Waals surface area (Å²) in [6.45, 7) is 7.64. The smallest absolute Gasteiger partial charge is 0.144 e. The lowest BCUT2D eigenvalue weighted by atomic mass is 10.2. The van der Waals surface area contributed by atoms with Crippen molar-refractivity contribution in [2.24, 2.45) is 0 Å². The second kappa shape index (κ2) is 8.48. The molecule has 1 aromatic carbocycles. The number of nitrogens with one attached hydrogen (secondary N) is 1. The summed E-state index contributed by atoms with van der Waals surface area (Å²) in [5.74, 6) is 2.79. The minimum atomic E-state index is 0.230. The Hall–Kier alpha value is -2.64. The summed E-state index contributed by atoms with van der Waals surface area (Å²) in [5.41, 5.74) is 2.95. The van der Waals surface area contributed by atoms with Crippen molar-refractivity contribution in [3.05, 3.63) is 36.5 Å². The number of morpholine rings is 1. The molecule has 4 heterocycles. The Labute approximate surface area is 183 Å². The molecule has 0 aliphatic carbocycles. The molecule has 3 atom stereocenters. The van der Waals surface area contributed by atoms with Gasteiger partial charge in [0.1, 0.15) is 22.9 Å². The number of hydrogen-bond acceptors (Lipinski definition) is 6. The number of pyridine rings is 1. The van der Waals surface area contributed by atoms with Gasteiger partial charge in [-0.1, -0.05) is 6.07 Å². The van der Waals surface area contributed by atoms with E-state index < -0.39 is 0 Å². The lowest BCUT2D eigenvalue weighted by Gasteiger charge is -2.27. The lowest BCUT2D eigenvalue weighted by molar-refractivity contribution is 0.0719. The van der Waals surface area contributed by atoms with Crippen LogP contribution in [0.5, 0.6) is 5.75 Å². The van der Waals surface area contributed by atoms with Gasteiger partial charge in [0.25, 0.3) is 0 Å². The molecule has 7 nitrogen and oxygen atoms in total. The van der Waals surface area contributed by atoms with Crippen LogP contribution in [0.4, 0.5) is 5.82 Å². The predicted molar refractivity (Wildman–Crippen MR) is 123 cm³/mol. The molecule has 0 radical (unpaired) electrons. The van der Waals surface area contributed by atoms with E-state index in [1.807, 2.05) is 24.4 Å². The van der Waals surface area contributed by atoms with Crippen molar-refractivity contribution in [1.29, 1.82) is 0 Å². The van der Waals surface area contributed by atoms with Crippen molar-refractivity contribution in [3.8, 4) is 17.1 Å². The van der Waals surface area contributed by atoms with E-state index in [4.69, 9.17) is 19.4 Å². The Morgan fingerprint density at radius 2 is 2.00 bits per heavy atom. The van der Waals surface area contributed by atoms with Gasteiger partial charge in [0.15, 0.2) is 0 Å². The molecule has 0 bridgehead atoms. The highest BCUT2D eigenvalue weighted by Gasteiger charge is 2.28. The van der Waals surface area contributed by atoms with Crippen LogP contribution in [0, 0.1) is 0 Å². The summed E-state index contributed by atoms with van der Waals surface area (Å²) < 4.78 is 13.6. The predicted octanol–water partition coefficient (Wildman–Crippen LogP) is 3.47. The molecule has 5 rings (SSSR count). The monoisotopic (exact) mass is 421 g/mol. The van der Waals surface area contributed by atoms with Gasteiger partial charge in [0, 0.05) is 43.0 Å². The quantitative estimate of drug-likeness (QED) is 0.681. The molecule has 3 aromatic rings. The largest absolute Gasteiger partial charge is 0.494 e. The Balaban J connectivity index is 1.55. The second-order valence-electron chi connectivity index (χ2n) is 8.69. The topological polar surface area (TPSA) is 64.4 Å². The number of fused-ring (bicyclic) bond motifs is 1. The van der Waals surface area contributed by atoms with Crippen molar-refractivity contribution < 1.29 is 9.47 Å². The Kier molecular flexibility index (Phi) is 5.54. The maximum Gasteiger partial charge on any atom is 0.144 e. The number of para-hydroxylation sites is 1. The fraction of sp³-hybridized carbons (Fsp3) is 0.500. The average molecular weight is 422 g/mol. The van der Waals surface area contributed by atoms with E-state index in [0.717, 1.165) is 53.7 Å². The number of hydrogen-bond donors (Lipinski definition) is 1. The number of rotatable bonds is 5. The molecular weight excluding hydrogens is 390 g/mol. The van der Waals surface area contributed by atoms with E-state index in [-0.39, 0.29) is 6.04 Å². The summed E-state index contributed by atoms with van der Waals surface area (Å²) in [7, 11) is 1.71. The van der Waals surface area contributed by atoms with Gasteiger partial charge >= 0.3 is 0 Å². The Morgan fingerprint density at radius 1 is 1.16 bits per heavy atom. The maximum atomic E-state index is 5.69. The maximum absolute atomic E-state index is 5.69. The molecule has 0 amide bonds. The summed E-state index contributed by atoms with van der Waals surface area (Å²) in [4.78, 5) is 12.2. The standard InChI is InChI=1S/C24H31N5O2/c1-16-7-8-17(2)29(16)22-10-9-18(13-26-22)24-27-20-5-4-6-21(30-3)23(20)28(24)14-19-15-31-12-11-25-19/h4-6,9-10,13,16-17,19,25H,7-8,11-12,14-15H2,1-3H3/t16-,17-,19?/m0/s1. The first-order chi connectivity index (χ1) is 15.2. The minimum absolute atomic E-state index is 0.230. The summed E-state index contributed by atoms with van der Waals surface area (Å²) in [6.07, 6.45) is 4.40. The second-order valence-corrected chi connectivity index (χ2v) is 8.69. The third-order valence-electron chi connectivity index (χ3n) is 6.57. The minimum Gasteiger partial charge on any atom is -0.494 e. The van der Waals surface area contributed by atoms with E-state index in [2.05, 4.69) is 40.8 Å². The molecule has 0 saturated carbocycles. The van der Waals surface area contributed by atoms with E-state index in [1.54, 1.807) is 7.11 Å². The number of anilines is 1. The van der Waals surface area contributed by atoms with Gasteiger partial charge in [-0.2, -0.15) is 0 Å². The van der Waals surface area contributed by atoms with Crippen molar-refractivity contribution in [1.82, 2.24) is 19.9 Å². The van der Waals surface area contributed by atoms with Crippen LogP contribution in [0.2, 0.25) is 0 Å². The molecule has 2 aliphatic heterocycles. The van der Waals surface area contributed by atoms with Gasteiger partial charge in [0.2, 0.25) is 0 Å². The van der Waals surface area contributed by atoms with E-state index >= 15 is 0 Å². The zero-order valence-corrected chi connectivity index (χ0v) is 18.5. The lowest BCUT2D eigenvalue weighted by Crippen LogP contribution is -2.43. The highest BCUT2D eigenvalue weighted by Crippen LogP contribution is 2.33. The highest BCUT2D eigenvalue weighted by atomic mass is 16.5. The number of ether oxygens (including phenoxy) is 2. The van der Waals surface area contributed by atoms with Crippen LogP contribution in [0.1, 0.15) is 26.7 Å². The summed E-state index contributed by atoms with van der Waals surface area (Å²) in [6, 6.07) is 11.6. The van der Waals surface area contributed by atoms with Crippen LogP contribution in [-0.4, -0.2) is 59.5 Å². The molecular formula is C24H31N5O2. The van der Waals surface area contributed by atoms with Gasteiger partial charge in [-0.05, 0) is 51.0 Å². The first kappa shape index (κ1) is 20.3. The Bertz CT molecular complexity index is 1030. The van der Waals surface area contributed by atoms with Crippen LogP contribution in [-0.2, 0) is 11.3 Å². The van der Waals surface area contributed by atoms with E-state index in [0.29, 0.717) is 18.7 Å². The molecule has 2 fully saturated rings. The van der Waals surface area contributed by atoms with Gasteiger partial charge in [-0.3, -0.25) is 0 Å². The van der Waals surface area contributed by atoms with Crippen molar-refractivity contribution in [2.75, 3.05) is 31.8 Å². The fourth-order valence-corrected chi connectivity index (χ4v) is 4.99. The SMILES string of the molecule is COc1cccc2nc(-c3ccc(N4[C@@H](C)CC[C@@H]4C)nc3)n(CC3COCCN3)c12. The third kappa shape index (κ3) is 3.77. The molecule has 2 saturated heterocycles. The highest BCUT2D eigenvalue weighted by molar-refractivity contribution is 5.86. The fourth-order valence-electron chi connectivity index (χ4n) is 4.99.